The predicted molar refractivity (Wildman–Crippen MR) is 99.7 cm³/mol. The van der Waals surface area contributed by atoms with Crippen molar-refractivity contribution in [2.24, 2.45) is 0 Å². The van der Waals surface area contributed by atoms with Crippen LogP contribution < -0.4 is 10.3 Å². The van der Waals surface area contributed by atoms with Crippen LogP contribution in [-0.2, 0) is 13.0 Å². The number of aryl methyl sites for hydroxylation is 1. The lowest BCUT2D eigenvalue weighted by molar-refractivity contribution is 0.414. The van der Waals surface area contributed by atoms with E-state index in [1.807, 2.05) is 37.3 Å². The quantitative estimate of drug-likeness (QED) is 0.539. The van der Waals surface area contributed by atoms with Gasteiger partial charge in [-0.25, -0.2) is 4.98 Å². The maximum absolute atomic E-state index is 12.9. The molecule has 1 aromatic carbocycles. The number of rotatable bonds is 5. The molecule has 4 rings (SSSR count). The molecule has 0 N–H and O–H groups in total. The Bertz CT molecular complexity index is 1150. The zero-order valence-corrected chi connectivity index (χ0v) is 15.0. The van der Waals surface area contributed by atoms with Crippen LogP contribution in [0.25, 0.3) is 17.0 Å². The summed E-state index contributed by atoms with van der Waals surface area (Å²) in [6, 6.07) is 13.1. The fourth-order valence-electron chi connectivity index (χ4n) is 2.92. The van der Waals surface area contributed by atoms with E-state index in [2.05, 4.69) is 20.4 Å². The molecular weight excluding hydrogens is 344 g/mol. The molecule has 0 unspecified atom stereocenters. The maximum Gasteiger partial charge on any atom is 0.269 e. The van der Waals surface area contributed by atoms with Gasteiger partial charge in [-0.1, -0.05) is 25.1 Å². The summed E-state index contributed by atoms with van der Waals surface area (Å²) in [6.45, 7) is 2.40. The lowest BCUT2D eigenvalue weighted by Crippen LogP contribution is -2.20. The first-order valence-corrected chi connectivity index (χ1v) is 8.61. The minimum Gasteiger partial charge on any atom is -0.497 e. The average Bonchev–Trinajstić information content (AvgIpc) is 3.16. The molecule has 0 atom stereocenters. The zero-order chi connectivity index (χ0) is 18.8. The van der Waals surface area contributed by atoms with E-state index in [1.54, 1.807) is 25.4 Å². The largest absolute Gasteiger partial charge is 0.497 e. The molecule has 8 nitrogen and oxygen atoms in total. The number of tetrazole rings is 1. The lowest BCUT2D eigenvalue weighted by atomic mass is 10.1. The molecule has 0 spiro atoms. The van der Waals surface area contributed by atoms with E-state index in [0.717, 1.165) is 11.3 Å². The smallest absolute Gasteiger partial charge is 0.269 e. The monoisotopic (exact) mass is 362 g/mol. The van der Waals surface area contributed by atoms with Crippen molar-refractivity contribution in [1.82, 2.24) is 29.6 Å². The van der Waals surface area contributed by atoms with Crippen molar-refractivity contribution in [2.45, 2.75) is 19.9 Å². The Hall–Kier alpha value is -3.55. The summed E-state index contributed by atoms with van der Waals surface area (Å²) in [5.74, 6) is 1.07. The van der Waals surface area contributed by atoms with Crippen molar-refractivity contribution < 1.29 is 4.74 Å². The third-order valence-electron chi connectivity index (χ3n) is 4.30. The molecule has 0 aliphatic rings. The van der Waals surface area contributed by atoms with Gasteiger partial charge in [-0.15, -0.1) is 10.2 Å². The first-order valence-electron chi connectivity index (χ1n) is 8.61. The summed E-state index contributed by atoms with van der Waals surface area (Å²) in [4.78, 5) is 19.0. The Morgan fingerprint density at radius 3 is 2.67 bits per heavy atom. The number of benzene rings is 1. The highest BCUT2D eigenvalue weighted by atomic mass is 16.5. The number of pyridine rings is 1. The summed E-state index contributed by atoms with van der Waals surface area (Å²) in [5.41, 5.74) is 2.47. The van der Waals surface area contributed by atoms with Crippen molar-refractivity contribution in [1.29, 1.82) is 0 Å². The van der Waals surface area contributed by atoms with Crippen molar-refractivity contribution in [2.75, 3.05) is 7.11 Å². The minimum atomic E-state index is -0.193. The summed E-state index contributed by atoms with van der Waals surface area (Å²) >= 11 is 0. The second-order valence-corrected chi connectivity index (χ2v) is 6.01. The van der Waals surface area contributed by atoms with Crippen LogP contribution in [0, 0.1) is 0 Å². The summed E-state index contributed by atoms with van der Waals surface area (Å²) < 4.78 is 6.66. The highest BCUT2D eigenvalue weighted by molar-refractivity contribution is 5.59. The molecule has 0 fully saturated rings. The van der Waals surface area contributed by atoms with E-state index in [0.29, 0.717) is 29.9 Å². The van der Waals surface area contributed by atoms with Gasteiger partial charge < -0.3 is 4.74 Å². The second kappa shape index (κ2) is 6.99. The van der Waals surface area contributed by atoms with Gasteiger partial charge in [0.25, 0.3) is 5.56 Å². The standard InChI is InChI=1S/C19H18N6O2/c1-3-15-17(19(26)24-11-5-4-6-16(24)20-15)18-21-23-25(22-18)12-13-7-9-14(27-2)10-8-13/h4-11H,3,12H2,1-2H3. The van der Waals surface area contributed by atoms with Crippen molar-refractivity contribution in [3.05, 3.63) is 70.3 Å². The minimum absolute atomic E-state index is 0.193. The van der Waals surface area contributed by atoms with E-state index in [9.17, 15) is 4.79 Å². The van der Waals surface area contributed by atoms with Crippen LogP contribution in [0.5, 0.6) is 5.75 Å². The normalized spacial score (nSPS) is 11.0. The Labute approximate surface area is 155 Å². The van der Waals surface area contributed by atoms with Crippen LogP contribution in [0.1, 0.15) is 18.2 Å². The van der Waals surface area contributed by atoms with Crippen LogP contribution in [-0.4, -0.2) is 36.7 Å². The van der Waals surface area contributed by atoms with Gasteiger partial charge in [0.05, 0.1) is 19.3 Å². The van der Waals surface area contributed by atoms with E-state index in [-0.39, 0.29) is 11.4 Å². The molecule has 0 bridgehead atoms. The Balaban J connectivity index is 1.72. The highest BCUT2D eigenvalue weighted by Gasteiger charge is 2.18. The van der Waals surface area contributed by atoms with Gasteiger partial charge in [0.1, 0.15) is 17.0 Å². The number of ether oxygens (including phenoxy) is 1. The van der Waals surface area contributed by atoms with E-state index in [4.69, 9.17) is 4.74 Å². The molecule has 3 heterocycles. The van der Waals surface area contributed by atoms with E-state index >= 15 is 0 Å². The van der Waals surface area contributed by atoms with Gasteiger partial charge in [0, 0.05) is 6.20 Å². The molecule has 0 radical (unpaired) electrons. The zero-order valence-electron chi connectivity index (χ0n) is 15.0. The molecule has 27 heavy (non-hydrogen) atoms. The van der Waals surface area contributed by atoms with Crippen molar-refractivity contribution in [3.8, 4) is 17.1 Å². The van der Waals surface area contributed by atoms with E-state index in [1.165, 1.54) is 9.20 Å². The predicted octanol–water partition coefficient (Wildman–Crippen LogP) is 1.97. The number of aromatic nitrogens is 6. The van der Waals surface area contributed by atoms with Crippen LogP contribution in [0.2, 0.25) is 0 Å². The molecule has 8 heteroatoms. The van der Waals surface area contributed by atoms with Crippen LogP contribution in [0.3, 0.4) is 0 Å². The third-order valence-corrected chi connectivity index (χ3v) is 4.30. The van der Waals surface area contributed by atoms with Gasteiger partial charge in [-0.3, -0.25) is 9.20 Å². The second-order valence-electron chi connectivity index (χ2n) is 6.01. The van der Waals surface area contributed by atoms with E-state index < -0.39 is 0 Å². The van der Waals surface area contributed by atoms with Crippen LogP contribution in [0.15, 0.2) is 53.5 Å². The molecular formula is C19H18N6O2. The van der Waals surface area contributed by atoms with Gasteiger partial charge in [-0.2, -0.15) is 4.80 Å². The third kappa shape index (κ3) is 3.17. The summed E-state index contributed by atoms with van der Waals surface area (Å²) in [5, 5.41) is 12.6. The maximum atomic E-state index is 12.9. The molecule has 0 saturated carbocycles. The summed E-state index contributed by atoms with van der Waals surface area (Å²) in [7, 11) is 1.63. The molecule has 0 aliphatic heterocycles. The fraction of sp³-hybridized carbons (Fsp3) is 0.211. The lowest BCUT2D eigenvalue weighted by Gasteiger charge is -2.06. The topological polar surface area (TPSA) is 87.2 Å². The number of fused-ring (bicyclic) bond motifs is 1. The number of nitrogens with zero attached hydrogens (tertiary/aromatic N) is 6. The number of hydrogen-bond acceptors (Lipinski definition) is 6. The van der Waals surface area contributed by atoms with Gasteiger partial charge in [0.15, 0.2) is 0 Å². The van der Waals surface area contributed by atoms with Crippen LogP contribution in [0.4, 0.5) is 0 Å². The molecule has 136 valence electrons. The molecule has 4 aromatic rings. The molecule has 0 aliphatic carbocycles. The van der Waals surface area contributed by atoms with Crippen LogP contribution >= 0.6 is 0 Å². The first kappa shape index (κ1) is 16.9. The van der Waals surface area contributed by atoms with Gasteiger partial charge in [0.2, 0.25) is 5.82 Å². The van der Waals surface area contributed by atoms with Gasteiger partial charge in [-0.05, 0) is 41.5 Å². The van der Waals surface area contributed by atoms with Crippen molar-refractivity contribution >= 4 is 5.65 Å². The SMILES string of the molecule is CCc1nc2ccccn2c(=O)c1-c1nnn(Cc2ccc(OC)cc2)n1. The summed E-state index contributed by atoms with van der Waals surface area (Å²) in [6.07, 6.45) is 2.29. The molecule has 0 saturated heterocycles. The fourth-order valence-corrected chi connectivity index (χ4v) is 2.92. The Kier molecular flexibility index (Phi) is 4.37. The Morgan fingerprint density at radius 1 is 1.11 bits per heavy atom. The highest BCUT2D eigenvalue weighted by Crippen LogP contribution is 2.16. The number of methoxy groups -OCH3 is 1. The average molecular weight is 362 g/mol. The van der Waals surface area contributed by atoms with Crippen molar-refractivity contribution in [3.63, 3.8) is 0 Å². The molecule has 3 aromatic heterocycles. The van der Waals surface area contributed by atoms with Gasteiger partial charge >= 0.3 is 0 Å². The molecule has 0 amide bonds. The first-order chi connectivity index (χ1) is 13.2. The Morgan fingerprint density at radius 2 is 1.93 bits per heavy atom. The number of hydrogen-bond donors (Lipinski definition) is 0.